The molecule has 0 bridgehead atoms. The number of fused-ring (bicyclic) bond motifs is 1. The first-order valence-corrected chi connectivity index (χ1v) is 10.4. The molecule has 1 N–H and O–H groups in total. The minimum Gasteiger partial charge on any atom is -0.370 e. The van der Waals surface area contributed by atoms with Crippen molar-refractivity contribution >= 4 is 26.6 Å². The van der Waals surface area contributed by atoms with Gasteiger partial charge in [-0.1, -0.05) is 24.3 Å². The number of aromatic nitrogens is 2. The van der Waals surface area contributed by atoms with Crippen LogP contribution in [0, 0.1) is 0 Å². The molecule has 1 aliphatic heterocycles. The number of sulfone groups is 1. The third-order valence-electron chi connectivity index (χ3n) is 5.02. The monoisotopic (exact) mass is 409 g/mol. The molecule has 0 amide bonds. The molecule has 0 saturated carbocycles. The highest BCUT2D eigenvalue weighted by molar-refractivity contribution is 7.92. The van der Waals surface area contributed by atoms with Gasteiger partial charge < -0.3 is 9.88 Å². The molecule has 1 fully saturated rings. The van der Waals surface area contributed by atoms with E-state index >= 15 is 0 Å². The molecule has 5 nitrogen and oxygen atoms in total. The first-order valence-electron chi connectivity index (χ1n) is 8.87. The maximum atomic E-state index is 13.1. The van der Waals surface area contributed by atoms with Crippen molar-refractivity contribution < 1.29 is 21.6 Å². The summed E-state index contributed by atoms with van der Waals surface area (Å²) in [6, 6.07) is 12.9. The zero-order valence-corrected chi connectivity index (χ0v) is 15.6. The van der Waals surface area contributed by atoms with Gasteiger partial charge in [-0.3, -0.25) is 0 Å². The first-order chi connectivity index (χ1) is 13.3. The smallest absolute Gasteiger partial charge is 0.370 e. The van der Waals surface area contributed by atoms with Crippen LogP contribution in [0.4, 0.5) is 18.9 Å². The summed E-state index contributed by atoms with van der Waals surface area (Å²) >= 11 is 0. The maximum absolute atomic E-state index is 13.1. The van der Waals surface area contributed by atoms with Crippen molar-refractivity contribution in [1.82, 2.24) is 9.97 Å². The number of halogens is 3. The molecule has 148 valence electrons. The fourth-order valence-corrected chi connectivity index (χ4v) is 4.63. The van der Waals surface area contributed by atoms with Crippen molar-refractivity contribution in [3.8, 4) is 0 Å². The summed E-state index contributed by atoms with van der Waals surface area (Å²) in [5.41, 5.74) is -3.53. The van der Waals surface area contributed by atoms with Crippen LogP contribution in [0.2, 0.25) is 0 Å². The van der Waals surface area contributed by atoms with Crippen LogP contribution in [0.5, 0.6) is 0 Å². The molecule has 0 aliphatic carbocycles. The van der Waals surface area contributed by atoms with Gasteiger partial charge in [0, 0.05) is 19.0 Å². The Balaban J connectivity index is 1.67. The molecule has 3 aromatic rings. The summed E-state index contributed by atoms with van der Waals surface area (Å²) < 4.78 is 63.3. The molecule has 4 rings (SSSR count). The van der Waals surface area contributed by atoms with Gasteiger partial charge in [-0.15, -0.1) is 0 Å². The highest BCUT2D eigenvalue weighted by atomic mass is 32.2. The number of nitrogens with zero attached hydrogens (tertiary/aromatic N) is 2. The van der Waals surface area contributed by atoms with Crippen molar-refractivity contribution in [1.29, 1.82) is 0 Å². The number of nitrogens with one attached hydrogen (secondary N) is 1. The summed E-state index contributed by atoms with van der Waals surface area (Å²) in [6.07, 6.45) is 1.55. The van der Waals surface area contributed by atoms with Crippen molar-refractivity contribution in [3.63, 3.8) is 0 Å². The molecule has 2 heterocycles. The highest BCUT2D eigenvalue weighted by Gasteiger charge is 2.48. The Morgan fingerprint density at radius 3 is 2.54 bits per heavy atom. The predicted molar refractivity (Wildman–Crippen MR) is 100.0 cm³/mol. The second-order valence-corrected chi connectivity index (χ2v) is 8.75. The minimum atomic E-state index is -5.42. The largest absolute Gasteiger partial charge is 0.501 e. The third kappa shape index (κ3) is 3.23. The number of imidazole rings is 1. The Kier molecular flexibility index (Phi) is 4.57. The summed E-state index contributed by atoms with van der Waals surface area (Å²) in [4.78, 5) is 8.87. The quantitative estimate of drug-likeness (QED) is 0.703. The zero-order valence-electron chi connectivity index (χ0n) is 14.8. The second-order valence-electron chi connectivity index (χ2n) is 6.84. The van der Waals surface area contributed by atoms with Crippen LogP contribution in [-0.2, 0) is 9.84 Å². The van der Waals surface area contributed by atoms with Gasteiger partial charge in [0.25, 0.3) is 9.84 Å². The number of benzene rings is 2. The van der Waals surface area contributed by atoms with Gasteiger partial charge in [-0.05, 0) is 37.1 Å². The summed E-state index contributed by atoms with van der Waals surface area (Å²) in [6.45, 7) is 0.880. The van der Waals surface area contributed by atoms with E-state index in [2.05, 4.69) is 9.97 Å². The topological polar surface area (TPSA) is 66.1 Å². The Morgan fingerprint density at radius 1 is 1.07 bits per heavy atom. The van der Waals surface area contributed by atoms with E-state index in [0.717, 1.165) is 35.8 Å². The number of para-hydroxylation sites is 3. The van der Waals surface area contributed by atoms with Gasteiger partial charge in [0.1, 0.15) is 5.82 Å². The van der Waals surface area contributed by atoms with E-state index in [4.69, 9.17) is 0 Å². The molecule has 28 heavy (non-hydrogen) atoms. The molecule has 1 aromatic heterocycles. The Hall–Kier alpha value is -2.55. The second kappa shape index (κ2) is 6.80. The van der Waals surface area contributed by atoms with E-state index in [1.165, 1.54) is 12.1 Å². The van der Waals surface area contributed by atoms with Crippen LogP contribution in [0.1, 0.15) is 24.6 Å². The number of H-pyrrole nitrogens is 1. The van der Waals surface area contributed by atoms with Gasteiger partial charge >= 0.3 is 5.51 Å². The Bertz CT molecular complexity index is 1080. The van der Waals surface area contributed by atoms with E-state index < -0.39 is 20.2 Å². The fourth-order valence-electron chi connectivity index (χ4n) is 3.66. The van der Waals surface area contributed by atoms with Crippen LogP contribution in [0.3, 0.4) is 0 Å². The molecule has 0 radical (unpaired) electrons. The Labute approximate surface area is 160 Å². The van der Waals surface area contributed by atoms with Gasteiger partial charge in [0.05, 0.1) is 21.6 Å². The van der Waals surface area contributed by atoms with Gasteiger partial charge in [0.15, 0.2) is 0 Å². The Morgan fingerprint density at radius 2 is 1.79 bits per heavy atom. The number of hydrogen-bond donors (Lipinski definition) is 1. The third-order valence-corrected chi connectivity index (χ3v) is 6.55. The number of piperidine rings is 1. The minimum absolute atomic E-state index is 0.0252. The van der Waals surface area contributed by atoms with Crippen LogP contribution < -0.4 is 4.90 Å². The van der Waals surface area contributed by atoms with Crippen molar-refractivity contribution in [3.05, 3.63) is 54.4 Å². The van der Waals surface area contributed by atoms with Crippen LogP contribution in [0.25, 0.3) is 11.0 Å². The highest BCUT2D eigenvalue weighted by Crippen LogP contribution is 2.38. The number of aromatic amines is 1. The van der Waals surface area contributed by atoms with Crippen molar-refractivity contribution in [2.45, 2.75) is 29.2 Å². The number of alkyl halides is 3. The van der Waals surface area contributed by atoms with Gasteiger partial charge in [-0.2, -0.15) is 13.2 Å². The molecule has 1 atom stereocenters. The molecule has 1 saturated heterocycles. The average Bonchev–Trinajstić information content (AvgIpc) is 3.11. The van der Waals surface area contributed by atoms with E-state index in [1.54, 1.807) is 11.0 Å². The van der Waals surface area contributed by atoms with E-state index in [-0.39, 0.29) is 11.6 Å². The lowest BCUT2D eigenvalue weighted by atomic mass is 9.97. The lowest BCUT2D eigenvalue weighted by Crippen LogP contribution is -2.36. The number of rotatable bonds is 3. The normalized spacial score (nSPS) is 18.5. The van der Waals surface area contributed by atoms with Crippen molar-refractivity contribution in [2.75, 3.05) is 18.0 Å². The standard InChI is InChI=1S/C19H18F3N3O2S/c20-19(21,22)28(26,27)17-10-4-3-9-16(17)25-11-5-6-13(12-25)18-23-14-7-1-2-8-15(14)24-18/h1-4,7-10,13H,5-6,11-12H2,(H,23,24). The molecule has 1 unspecified atom stereocenters. The molecule has 9 heteroatoms. The van der Waals surface area contributed by atoms with E-state index in [0.29, 0.717) is 13.1 Å². The van der Waals surface area contributed by atoms with Gasteiger partial charge in [0.2, 0.25) is 0 Å². The molecular weight excluding hydrogens is 391 g/mol. The molecule has 1 aliphatic rings. The maximum Gasteiger partial charge on any atom is 0.501 e. The summed E-state index contributed by atoms with van der Waals surface area (Å²) in [5, 5.41) is 0. The van der Waals surface area contributed by atoms with Crippen LogP contribution >= 0.6 is 0 Å². The SMILES string of the molecule is O=S(=O)(c1ccccc1N1CCCC(c2nc3ccccc3[nH]2)C1)C(F)(F)F. The fraction of sp³-hybridized carbons (Fsp3) is 0.316. The first kappa shape index (κ1) is 18.8. The van der Waals surface area contributed by atoms with Gasteiger partial charge in [-0.25, -0.2) is 13.4 Å². The molecule has 2 aromatic carbocycles. The molecule has 0 spiro atoms. The predicted octanol–water partition coefficient (Wildman–Crippen LogP) is 4.24. The lowest BCUT2D eigenvalue weighted by molar-refractivity contribution is -0.0435. The van der Waals surface area contributed by atoms with Crippen LogP contribution in [0.15, 0.2) is 53.4 Å². The van der Waals surface area contributed by atoms with Crippen LogP contribution in [-0.4, -0.2) is 37.0 Å². The summed E-state index contributed by atoms with van der Waals surface area (Å²) in [7, 11) is -5.42. The van der Waals surface area contributed by atoms with E-state index in [1.807, 2.05) is 24.3 Å². The molecular formula is C19H18F3N3O2S. The van der Waals surface area contributed by atoms with Crippen molar-refractivity contribution in [2.24, 2.45) is 0 Å². The zero-order chi connectivity index (χ0) is 19.9. The number of hydrogen-bond acceptors (Lipinski definition) is 4. The van der Waals surface area contributed by atoms with E-state index in [9.17, 15) is 21.6 Å². The number of anilines is 1. The summed E-state index contributed by atoms with van der Waals surface area (Å²) in [5.74, 6) is 0.741. The average molecular weight is 409 g/mol. The lowest BCUT2D eigenvalue weighted by Gasteiger charge is -2.34.